The van der Waals surface area contributed by atoms with Gasteiger partial charge in [0.1, 0.15) is 5.82 Å². The lowest BCUT2D eigenvalue weighted by Crippen LogP contribution is -2.42. The minimum atomic E-state index is -1.40. The van der Waals surface area contributed by atoms with Crippen molar-refractivity contribution in [1.82, 2.24) is 33.4 Å². The number of hydrogen-bond acceptors (Lipinski definition) is 7. The quantitative estimate of drug-likeness (QED) is 0.119. The number of pyridine rings is 1. The van der Waals surface area contributed by atoms with Crippen LogP contribution in [0.4, 0.5) is 24.8 Å². The first kappa shape index (κ1) is 33.4. The molecule has 0 spiro atoms. The first-order valence-electron chi connectivity index (χ1n) is 15.1. The molecule has 0 amide bonds. The van der Waals surface area contributed by atoms with Crippen molar-refractivity contribution in [3.8, 4) is 5.69 Å². The van der Waals surface area contributed by atoms with Gasteiger partial charge in [0.05, 0.1) is 53.3 Å². The van der Waals surface area contributed by atoms with E-state index in [0.29, 0.717) is 72.0 Å². The predicted molar refractivity (Wildman–Crippen MR) is 181 cm³/mol. The van der Waals surface area contributed by atoms with Crippen LogP contribution in [0.15, 0.2) is 84.0 Å². The fraction of sp³-hybridized carbons (Fsp3) is 0.206. The lowest BCUT2D eigenvalue weighted by molar-refractivity contribution is 0.184. The molecular formula is C34H30ClF3N8O3. The molecule has 252 valence electrons. The standard InChI is InChI=1S/C34H30ClF3N8O3/c1-4-6-9-43-10-8-20-16-39-17-29(31(20)43)46-33(47)41-32(45(34(46)48)18-21-13-26(37)27(38)15-25(21)36)40-30-22(7-5-2)23-19-44(11-12-49-3)42-28(23)14-24(30)35/h4-5,8,10,13-17,19H,1-2,6-7,9,11-12,18H2,3H3,(H,40,41,47). The van der Waals surface area contributed by atoms with E-state index in [1.807, 2.05) is 4.57 Å². The van der Waals surface area contributed by atoms with Crippen molar-refractivity contribution in [3.05, 3.63) is 129 Å². The molecular weight excluding hydrogens is 661 g/mol. The topological polar surface area (TPSA) is 114 Å². The summed E-state index contributed by atoms with van der Waals surface area (Å²) in [5.74, 6) is -4.14. The highest BCUT2D eigenvalue weighted by Crippen LogP contribution is 2.35. The number of halogens is 4. The maximum atomic E-state index is 15.0. The van der Waals surface area contributed by atoms with E-state index in [-0.39, 0.29) is 27.9 Å². The third-order valence-corrected chi connectivity index (χ3v) is 8.28. The molecule has 0 radical (unpaired) electrons. The van der Waals surface area contributed by atoms with E-state index in [9.17, 15) is 18.4 Å². The Hall–Kier alpha value is -5.47. The van der Waals surface area contributed by atoms with Gasteiger partial charge >= 0.3 is 11.4 Å². The van der Waals surface area contributed by atoms with Crippen molar-refractivity contribution in [2.24, 2.45) is 0 Å². The van der Waals surface area contributed by atoms with Crippen LogP contribution in [0.3, 0.4) is 0 Å². The zero-order valence-electron chi connectivity index (χ0n) is 26.3. The summed E-state index contributed by atoms with van der Waals surface area (Å²) in [6.07, 6.45) is 10.8. The molecule has 49 heavy (non-hydrogen) atoms. The van der Waals surface area contributed by atoms with Crippen molar-refractivity contribution >= 4 is 45.0 Å². The number of anilines is 2. The second-order valence-electron chi connectivity index (χ2n) is 11.1. The smallest absolute Gasteiger partial charge is 0.359 e. The van der Waals surface area contributed by atoms with E-state index in [4.69, 9.17) is 16.3 Å². The number of nitrogens with one attached hydrogen (secondary N) is 1. The number of hydrogen-bond donors (Lipinski definition) is 1. The third-order valence-electron chi connectivity index (χ3n) is 7.98. The molecule has 4 aromatic heterocycles. The fourth-order valence-corrected chi connectivity index (χ4v) is 5.93. The minimum absolute atomic E-state index is 0.121. The summed E-state index contributed by atoms with van der Waals surface area (Å²) in [7, 11) is 1.58. The number of aryl methyl sites for hydroxylation is 1. The van der Waals surface area contributed by atoms with Gasteiger partial charge in [-0.3, -0.25) is 14.2 Å². The molecule has 6 aromatic rings. The summed E-state index contributed by atoms with van der Waals surface area (Å²) in [4.78, 5) is 36.6. The van der Waals surface area contributed by atoms with Crippen molar-refractivity contribution in [3.63, 3.8) is 0 Å². The van der Waals surface area contributed by atoms with Gasteiger partial charge in [-0.1, -0.05) is 23.8 Å². The first-order chi connectivity index (χ1) is 23.6. The summed E-state index contributed by atoms with van der Waals surface area (Å²) >= 11 is 6.76. The highest BCUT2D eigenvalue weighted by molar-refractivity contribution is 6.34. The summed E-state index contributed by atoms with van der Waals surface area (Å²) in [6, 6.07) is 4.43. The summed E-state index contributed by atoms with van der Waals surface area (Å²) in [5, 5.41) is 9.11. The van der Waals surface area contributed by atoms with Gasteiger partial charge in [0.2, 0.25) is 5.95 Å². The molecule has 0 aliphatic carbocycles. The van der Waals surface area contributed by atoms with Crippen LogP contribution in [0.5, 0.6) is 0 Å². The third kappa shape index (κ3) is 6.39. The van der Waals surface area contributed by atoms with Gasteiger partial charge in [-0.15, -0.1) is 13.2 Å². The van der Waals surface area contributed by atoms with Crippen LogP contribution in [0.25, 0.3) is 27.5 Å². The molecule has 6 rings (SSSR count). The van der Waals surface area contributed by atoms with E-state index in [1.165, 1.54) is 6.20 Å². The molecule has 15 heteroatoms. The van der Waals surface area contributed by atoms with Crippen LogP contribution in [0, 0.1) is 17.5 Å². The average molecular weight is 691 g/mol. The van der Waals surface area contributed by atoms with Gasteiger partial charge in [0.15, 0.2) is 11.6 Å². The first-order valence-corrected chi connectivity index (χ1v) is 15.5. The van der Waals surface area contributed by atoms with Crippen LogP contribution in [-0.4, -0.2) is 47.2 Å². The molecule has 0 unspecified atom stereocenters. The van der Waals surface area contributed by atoms with Crippen LogP contribution in [-0.2, 0) is 30.8 Å². The molecule has 4 heterocycles. The Kier molecular flexibility index (Phi) is 9.51. The monoisotopic (exact) mass is 690 g/mol. The predicted octanol–water partition coefficient (Wildman–Crippen LogP) is 5.91. The van der Waals surface area contributed by atoms with Crippen LogP contribution in [0.2, 0.25) is 5.02 Å². The molecule has 2 aromatic carbocycles. The number of aromatic nitrogens is 7. The van der Waals surface area contributed by atoms with Crippen molar-refractivity contribution in [1.29, 1.82) is 0 Å². The SMILES string of the molecule is C=CCCn1ccc2cncc(-n3c(=O)nc(Nc4c(Cl)cc5nn(CCOC)cc5c4CC=C)n(Cc4cc(F)c(F)cc4F)c3=O)c21. The highest BCUT2D eigenvalue weighted by Gasteiger charge is 2.23. The number of rotatable bonds is 13. The van der Waals surface area contributed by atoms with E-state index in [1.54, 1.807) is 54.7 Å². The van der Waals surface area contributed by atoms with Crippen molar-refractivity contribution < 1.29 is 17.9 Å². The molecule has 0 bridgehead atoms. The van der Waals surface area contributed by atoms with E-state index >= 15 is 4.39 Å². The molecule has 0 atom stereocenters. The number of benzene rings is 2. The lowest BCUT2D eigenvalue weighted by atomic mass is 10.0. The van der Waals surface area contributed by atoms with E-state index < -0.39 is 35.4 Å². The van der Waals surface area contributed by atoms with Gasteiger partial charge in [-0.2, -0.15) is 10.1 Å². The Bertz CT molecular complexity index is 2360. The second kappa shape index (κ2) is 13.9. The Morgan fingerprint density at radius 1 is 1.04 bits per heavy atom. The van der Waals surface area contributed by atoms with Gasteiger partial charge < -0.3 is 14.6 Å². The molecule has 0 saturated carbocycles. The van der Waals surface area contributed by atoms with Crippen LogP contribution in [0.1, 0.15) is 17.5 Å². The summed E-state index contributed by atoms with van der Waals surface area (Å²) < 4.78 is 53.7. The summed E-state index contributed by atoms with van der Waals surface area (Å²) in [5.41, 5.74) is -0.165. The maximum Gasteiger partial charge on any atom is 0.359 e. The van der Waals surface area contributed by atoms with Gasteiger partial charge in [0.25, 0.3) is 0 Å². The Morgan fingerprint density at radius 3 is 2.59 bits per heavy atom. The average Bonchev–Trinajstić information content (AvgIpc) is 3.68. The van der Waals surface area contributed by atoms with Crippen LogP contribution < -0.4 is 16.7 Å². The second-order valence-corrected chi connectivity index (χ2v) is 11.5. The van der Waals surface area contributed by atoms with E-state index in [0.717, 1.165) is 9.13 Å². The Morgan fingerprint density at radius 2 is 1.84 bits per heavy atom. The lowest BCUT2D eigenvalue weighted by Gasteiger charge is -2.19. The minimum Gasteiger partial charge on any atom is -0.383 e. The van der Waals surface area contributed by atoms with Gasteiger partial charge in [-0.05, 0) is 36.6 Å². The molecule has 1 N–H and O–H groups in total. The van der Waals surface area contributed by atoms with Crippen LogP contribution >= 0.6 is 11.6 Å². The van der Waals surface area contributed by atoms with Crippen molar-refractivity contribution in [2.75, 3.05) is 19.0 Å². The van der Waals surface area contributed by atoms with Gasteiger partial charge in [-0.25, -0.2) is 27.3 Å². The van der Waals surface area contributed by atoms with Gasteiger partial charge in [0, 0.05) is 54.6 Å². The zero-order chi connectivity index (χ0) is 34.8. The van der Waals surface area contributed by atoms with E-state index in [2.05, 4.69) is 33.5 Å². The molecule has 11 nitrogen and oxygen atoms in total. The molecule has 0 saturated heterocycles. The number of fused-ring (bicyclic) bond motifs is 2. The highest BCUT2D eigenvalue weighted by atomic mass is 35.5. The number of nitrogens with zero attached hydrogens (tertiary/aromatic N) is 7. The largest absolute Gasteiger partial charge is 0.383 e. The molecule has 0 aliphatic rings. The maximum absolute atomic E-state index is 15.0. The normalized spacial score (nSPS) is 11.4. The number of methoxy groups -OCH3 is 1. The van der Waals surface area contributed by atoms with Crippen molar-refractivity contribution in [2.45, 2.75) is 32.5 Å². The summed E-state index contributed by atoms with van der Waals surface area (Å²) in [6.45, 7) is 8.36. The Labute approximate surface area is 282 Å². The zero-order valence-corrected chi connectivity index (χ0v) is 27.1. The Balaban J connectivity index is 1.58. The molecule has 0 aliphatic heterocycles. The molecule has 0 fully saturated rings. The fourth-order valence-electron chi connectivity index (χ4n) is 5.66. The number of ether oxygens (including phenoxy) is 1. The number of allylic oxidation sites excluding steroid dienone is 2.